The average molecular weight is 337 g/mol. The fourth-order valence-corrected chi connectivity index (χ4v) is 2.84. The molecule has 4 rings (SSSR count). The normalized spacial score (nSPS) is 11.1. The Morgan fingerprint density at radius 1 is 0.731 bits per heavy atom. The molecule has 2 nitrogen and oxygen atoms in total. The zero-order valence-electron chi connectivity index (χ0n) is 14.6. The lowest BCUT2D eigenvalue weighted by atomic mass is 10.1. The number of hydrogen-bond acceptors (Lipinski definition) is 2. The molecule has 0 spiro atoms. The minimum atomic E-state index is 0.637. The topological polar surface area (TPSA) is 26.0 Å². The first-order valence-electron chi connectivity index (χ1n) is 8.65. The Balaban J connectivity index is 1.53. The third-order valence-electron chi connectivity index (χ3n) is 4.37. The van der Waals surface area contributed by atoms with Gasteiger partial charge in [-0.15, -0.1) is 0 Å². The number of rotatable bonds is 4. The summed E-state index contributed by atoms with van der Waals surface area (Å²) in [4.78, 5) is 4.41. The molecule has 0 aliphatic rings. The molecule has 0 aliphatic heterocycles. The Labute approximate surface area is 153 Å². The Hall–Kier alpha value is -3.39. The first-order chi connectivity index (χ1) is 12.8. The summed E-state index contributed by atoms with van der Waals surface area (Å²) in [7, 11) is 0. The minimum Gasteiger partial charge on any atom is -0.436 e. The van der Waals surface area contributed by atoms with Crippen molar-refractivity contribution in [3.63, 3.8) is 0 Å². The van der Waals surface area contributed by atoms with E-state index in [-0.39, 0.29) is 0 Å². The summed E-state index contributed by atoms with van der Waals surface area (Å²) in [6, 6.07) is 26.6. The van der Waals surface area contributed by atoms with Crippen molar-refractivity contribution in [2.75, 3.05) is 0 Å². The molecule has 0 bridgehead atoms. The van der Waals surface area contributed by atoms with Gasteiger partial charge in [-0.3, -0.25) is 0 Å². The number of nitrogens with zero attached hydrogens (tertiary/aromatic N) is 1. The Morgan fingerprint density at radius 2 is 1.46 bits per heavy atom. The lowest BCUT2D eigenvalue weighted by molar-refractivity contribution is 0.589. The van der Waals surface area contributed by atoms with E-state index < -0.39 is 0 Å². The first kappa shape index (κ1) is 16.1. The van der Waals surface area contributed by atoms with E-state index in [4.69, 9.17) is 4.42 Å². The molecule has 0 N–H and O–H groups in total. The monoisotopic (exact) mass is 337 g/mol. The van der Waals surface area contributed by atoms with Crippen LogP contribution in [0.5, 0.6) is 0 Å². The molecule has 4 aromatic rings. The van der Waals surface area contributed by atoms with Gasteiger partial charge >= 0.3 is 0 Å². The second-order valence-corrected chi connectivity index (χ2v) is 6.21. The van der Waals surface area contributed by atoms with Gasteiger partial charge in [0.15, 0.2) is 5.76 Å². The van der Waals surface area contributed by atoms with Crippen molar-refractivity contribution >= 4 is 12.2 Å². The summed E-state index contributed by atoms with van der Waals surface area (Å²) in [5.41, 5.74) is 5.65. The van der Waals surface area contributed by atoms with Crippen molar-refractivity contribution in [1.29, 1.82) is 0 Å². The van der Waals surface area contributed by atoms with Crippen LogP contribution in [0.1, 0.15) is 16.7 Å². The van der Waals surface area contributed by atoms with Crippen LogP contribution >= 0.6 is 0 Å². The highest BCUT2D eigenvalue weighted by molar-refractivity contribution is 5.72. The maximum absolute atomic E-state index is 5.91. The fourth-order valence-electron chi connectivity index (χ4n) is 2.84. The summed E-state index contributed by atoms with van der Waals surface area (Å²) in [5.74, 6) is 1.42. The van der Waals surface area contributed by atoms with Crippen molar-refractivity contribution in [2.24, 2.45) is 0 Å². The van der Waals surface area contributed by atoms with E-state index in [1.165, 1.54) is 11.1 Å². The lowest BCUT2D eigenvalue weighted by Crippen LogP contribution is -1.80. The van der Waals surface area contributed by atoms with Gasteiger partial charge in [-0.2, -0.15) is 0 Å². The highest BCUT2D eigenvalue weighted by Crippen LogP contribution is 2.26. The molecule has 0 fully saturated rings. The van der Waals surface area contributed by atoms with E-state index in [1.54, 1.807) is 6.20 Å². The molecule has 0 aliphatic carbocycles. The van der Waals surface area contributed by atoms with Crippen molar-refractivity contribution in [2.45, 2.75) is 6.92 Å². The maximum atomic E-state index is 5.91. The molecular weight excluding hydrogens is 318 g/mol. The average Bonchev–Trinajstić information content (AvgIpc) is 3.19. The zero-order chi connectivity index (χ0) is 17.8. The minimum absolute atomic E-state index is 0.637. The highest BCUT2D eigenvalue weighted by atomic mass is 16.4. The number of benzene rings is 3. The SMILES string of the molecule is Cc1ccccc1C=Cc1ccc(-c2ncc(-c3ccccc3)o2)cc1. The summed E-state index contributed by atoms with van der Waals surface area (Å²) in [6.45, 7) is 2.12. The highest BCUT2D eigenvalue weighted by Gasteiger charge is 2.07. The van der Waals surface area contributed by atoms with E-state index in [9.17, 15) is 0 Å². The van der Waals surface area contributed by atoms with Gasteiger partial charge in [0, 0.05) is 11.1 Å². The predicted molar refractivity (Wildman–Crippen MR) is 107 cm³/mol. The molecule has 26 heavy (non-hydrogen) atoms. The predicted octanol–water partition coefficient (Wildman–Crippen LogP) is 6.49. The molecule has 2 heteroatoms. The van der Waals surface area contributed by atoms with Gasteiger partial charge in [-0.1, -0.05) is 78.9 Å². The smallest absolute Gasteiger partial charge is 0.226 e. The van der Waals surface area contributed by atoms with Gasteiger partial charge in [0.25, 0.3) is 0 Å². The van der Waals surface area contributed by atoms with Crippen LogP contribution < -0.4 is 0 Å². The molecule has 126 valence electrons. The first-order valence-corrected chi connectivity index (χ1v) is 8.65. The third-order valence-corrected chi connectivity index (χ3v) is 4.37. The quantitative estimate of drug-likeness (QED) is 0.398. The van der Waals surface area contributed by atoms with Gasteiger partial charge in [-0.25, -0.2) is 4.98 Å². The number of aromatic nitrogens is 1. The van der Waals surface area contributed by atoms with Crippen molar-refractivity contribution < 1.29 is 4.42 Å². The standard InChI is InChI=1S/C24H19NO/c1-18-7-5-6-8-20(18)14-11-19-12-15-22(16-13-19)24-25-17-23(26-24)21-9-3-2-4-10-21/h2-17H,1H3. The molecule has 0 unspecified atom stereocenters. The van der Waals surface area contributed by atoms with Gasteiger partial charge in [0.2, 0.25) is 5.89 Å². The second kappa shape index (κ2) is 7.24. The van der Waals surface area contributed by atoms with E-state index in [1.807, 2.05) is 42.5 Å². The van der Waals surface area contributed by atoms with E-state index >= 15 is 0 Å². The summed E-state index contributed by atoms with van der Waals surface area (Å²) in [6.07, 6.45) is 6.04. The van der Waals surface area contributed by atoms with E-state index in [2.05, 4.69) is 60.5 Å². The van der Waals surface area contributed by atoms with Crippen LogP contribution in [-0.2, 0) is 0 Å². The van der Waals surface area contributed by atoms with Gasteiger partial charge in [0.1, 0.15) is 0 Å². The van der Waals surface area contributed by atoms with Crippen LogP contribution in [0.25, 0.3) is 34.9 Å². The molecule has 1 heterocycles. The largest absolute Gasteiger partial charge is 0.436 e. The van der Waals surface area contributed by atoms with Crippen LogP contribution in [-0.4, -0.2) is 4.98 Å². The zero-order valence-corrected chi connectivity index (χ0v) is 14.6. The number of oxazole rings is 1. The molecule has 0 radical (unpaired) electrons. The van der Waals surface area contributed by atoms with Crippen LogP contribution in [0.3, 0.4) is 0 Å². The summed E-state index contributed by atoms with van der Waals surface area (Å²) in [5, 5.41) is 0. The van der Waals surface area contributed by atoms with Crippen LogP contribution in [0, 0.1) is 6.92 Å². The Bertz CT molecular complexity index is 1030. The van der Waals surface area contributed by atoms with Gasteiger partial charge in [0.05, 0.1) is 6.20 Å². The Kier molecular flexibility index (Phi) is 4.48. The molecule has 3 aromatic carbocycles. The lowest BCUT2D eigenvalue weighted by Gasteiger charge is -2.00. The van der Waals surface area contributed by atoms with Crippen LogP contribution in [0.15, 0.2) is 89.5 Å². The third kappa shape index (κ3) is 3.50. The van der Waals surface area contributed by atoms with E-state index in [0.29, 0.717) is 5.89 Å². The maximum Gasteiger partial charge on any atom is 0.226 e. The van der Waals surface area contributed by atoms with Crippen LogP contribution in [0.4, 0.5) is 0 Å². The second-order valence-electron chi connectivity index (χ2n) is 6.21. The molecular formula is C24H19NO. The molecule has 0 amide bonds. The molecule has 0 saturated carbocycles. The van der Waals surface area contributed by atoms with Crippen molar-refractivity contribution in [1.82, 2.24) is 4.98 Å². The fraction of sp³-hybridized carbons (Fsp3) is 0.0417. The van der Waals surface area contributed by atoms with Crippen molar-refractivity contribution in [3.05, 3.63) is 102 Å². The van der Waals surface area contributed by atoms with Crippen LogP contribution in [0.2, 0.25) is 0 Å². The summed E-state index contributed by atoms with van der Waals surface area (Å²) < 4.78 is 5.91. The number of hydrogen-bond donors (Lipinski definition) is 0. The van der Waals surface area contributed by atoms with E-state index in [0.717, 1.165) is 22.5 Å². The van der Waals surface area contributed by atoms with Gasteiger partial charge in [-0.05, 0) is 35.7 Å². The molecule has 0 atom stereocenters. The van der Waals surface area contributed by atoms with Crippen molar-refractivity contribution in [3.8, 4) is 22.8 Å². The Morgan fingerprint density at radius 3 is 2.23 bits per heavy atom. The molecule has 0 saturated heterocycles. The molecule has 1 aromatic heterocycles. The number of aryl methyl sites for hydroxylation is 1. The van der Waals surface area contributed by atoms with Gasteiger partial charge < -0.3 is 4.42 Å². The summed E-state index contributed by atoms with van der Waals surface area (Å²) >= 11 is 0.